The van der Waals surface area contributed by atoms with Crippen molar-refractivity contribution in [2.24, 2.45) is 11.8 Å². The molecule has 6 heteroatoms. The molecule has 1 heterocycles. The fourth-order valence-electron chi connectivity index (χ4n) is 2.15. The van der Waals surface area contributed by atoms with Crippen LogP contribution in [0.25, 0.3) is 0 Å². The largest absolute Gasteiger partial charge is 0.416 e. The third kappa shape index (κ3) is 4.02. The number of alkyl halides is 3. The van der Waals surface area contributed by atoms with E-state index in [0.29, 0.717) is 24.9 Å². The fourth-order valence-corrected chi connectivity index (χ4v) is 2.15. The molecular weight excluding hydrogens is 267 g/mol. The van der Waals surface area contributed by atoms with Crippen LogP contribution in [0.2, 0.25) is 0 Å². The van der Waals surface area contributed by atoms with Crippen LogP contribution in [0, 0.1) is 11.8 Å². The van der Waals surface area contributed by atoms with Crippen molar-refractivity contribution in [3.05, 3.63) is 17.7 Å². The van der Waals surface area contributed by atoms with Crippen molar-refractivity contribution in [2.45, 2.75) is 32.9 Å². The quantitative estimate of drug-likeness (QED) is 0.830. The normalized spacial score (nSPS) is 16.9. The molecule has 1 aromatic heterocycles. The fraction of sp³-hybridized carbons (Fsp3) is 0.643. The second-order valence-electron chi connectivity index (χ2n) is 5.35. The summed E-state index contributed by atoms with van der Waals surface area (Å²) in [5, 5.41) is 5.86. The molecule has 1 saturated carbocycles. The number of halogens is 3. The van der Waals surface area contributed by atoms with Crippen molar-refractivity contribution >= 4 is 11.6 Å². The maximum atomic E-state index is 12.8. The average molecular weight is 287 g/mol. The number of nitrogens with one attached hydrogen (secondary N) is 2. The summed E-state index contributed by atoms with van der Waals surface area (Å²) in [5.41, 5.74) is -0.676. The number of anilines is 2. The summed E-state index contributed by atoms with van der Waals surface area (Å²) in [5.74, 6) is 1.71. The molecule has 1 aromatic rings. The lowest BCUT2D eigenvalue weighted by Gasteiger charge is -2.15. The van der Waals surface area contributed by atoms with Crippen molar-refractivity contribution in [2.75, 3.05) is 23.7 Å². The van der Waals surface area contributed by atoms with Crippen molar-refractivity contribution in [3.63, 3.8) is 0 Å². The standard InChI is InChI=1S/C14H20F3N3/c1-3-18-12-6-11(14(15,16)17)7-13(20-12)19-8-9(2)10-4-5-10/h6-7,9-10H,3-5,8H2,1-2H3,(H2,18,19,20). The Morgan fingerprint density at radius 1 is 1.25 bits per heavy atom. The summed E-state index contributed by atoms with van der Waals surface area (Å²) in [7, 11) is 0. The molecule has 0 radical (unpaired) electrons. The van der Waals surface area contributed by atoms with Gasteiger partial charge >= 0.3 is 6.18 Å². The molecule has 1 aliphatic carbocycles. The molecule has 0 amide bonds. The van der Waals surface area contributed by atoms with E-state index in [0.717, 1.165) is 12.1 Å². The third-order valence-electron chi connectivity index (χ3n) is 3.54. The van der Waals surface area contributed by atoms with E-state index in [1.807, 2.05) is 6.92 Å². The number of pyridine rings is 1. The maximum Gasteiger partial charge on any atom is 0.416 e. The lowest BCUT2D eigenvalue weighted by molar-refractivity contribution is -0.137. The first-order valence-corrected chi connectivity index (χ1v) is 6.97. The molecule has 2 rings (SSSR count). The van der Waals surface area contributed by atoms with Gasteiger partial charge in [0.25, 0.3) is 0 Å². The van der Waals surface area contributed by atoms with Crippen LogP contribution in [0.15, 0.2) is 12.1 Å². The highest BCUT2D eigenvalue weighted by molar-refractivity contribution is 5.49. The van der Waals surface area contributed by atoms with Crippen molar-refractivity contribution in [1.29, 1.82) is 0 Å². The molecule has 0 aromatic carbocycles. The van der Waals surface area contributed by atoms with Gasteiger partial charge in [0.2, 0.25) is 0 Å². The van der Waals surface area contributed by atoms with E-state index in [4.69, 9.17) is 0 Å². The summed E-state index contributed by atoms with van der Waals surface area (Å²) < 4.78 is 38.5. The van der Waals surface area contributed by atoms with E-state index in [9.17, 15) is 13.2 Å². The first-order chi connectivity index (χ1) is 9.40. The lowest BCUT2D eigenvalue weighted by atomic mass is 10.1. The Morgan fingerprint density at radius 3 is 2.35 bits per heavy atom. The SMILES string of the molecule is CCNc1cc(C(F)(F)F)cc(NCC(C)C2CC2)n1. The highest BCUT2D eigenvalue weighted by Crippen LogP contribution is 2.37. The highest BCUT2D eigenvalue weighted by Gasteiger charge is 2.32. The summed E-state index contributed by atoms with van der Waals surface area (Å²) in [6, 6.07) is 2.11. The van der Waals surface area contributed by atoms with E-state index in [1.54, 1.807) is 0 Å². The molecule has 112 valence electrons. The summed E-state index contributed by atoms with van der Waals surface area (Å²) in [4.78, 5) is 4.17. The monoisotopic (exact) mass is 287 g/mol. The Bertz CT molecular complexity index is 455. The minimum Gasteiger partial charge on any atom is -0.370 e. The molecule has 2 N–H and O–H groups in total. The minimum atomic E-state index is -4.36. The van der Waals surface area contributed by atoms with Gasteiger partial charge in [0.1, 0.15) is 11.6 Å². The van der Waals surface area contributed by atoms with Crippen LogP contribution in [0.3, 0.4) is 0 Å². The van der Waals surface area contributed by atoms with Gasteiger partial charge in [-0.25, -0.2) is 4.98 Å². The van der Waals surface area contributed by atoms with Crippen LogP contribution >= 0.6 is 0 Å². The summed E-state index contributed by atoms with van der Waals surface area (Å²) in [6.07, 6.45) is -1.91. The molecule has 0 bridgehead atoms. The van der Waals surface area contributed by atoms with E-state index < -0.39 is 11.7 Å². The van der Waals surface area contributed by atoms with Gasteiger partial charge in [-0.3, -0.25) is 0 Å². The van der Waals surface area contributed by atoms with Crippen molar-refractivity contribution in [1.82, 2.24) is 4.98 Å². The van der Waals surface area contributed by atoms with E-state index >= 15 is 0 Å². The van der Waals surface area contributed by atoms with Gasteiger partial charge in [-0.15, -0.1) is 0 Å². The second-order valence-corrected chi connectivity index (χ2v) is 5.35. The summed E-state index contributed by atoms with van der Waals surface area (Å²) in [6.45, 7) is 5.13. The average Bonchev–Trinajstić information content (AvgIpc) is 3.19. The van der Waals surface area contributed by atoms with Gasteiger partial charge < -0.3 is 10.6 Å². The Kier molecular flexibility index (Phi) is 4.40. The van der Waals surface area contributed by atoms with E-state index in [1.165, 1.54) is 12.8 Å². The lowest BCUT2D eigenvalue weighted by Crippen LogP contribution is -2.16. The smallest absolute Gasteiger partial charge is 0.370 e. The van der Waals surface area contributed by atoms with Gasteiger partial charge in [-0.05, 0) is 43.7 Å². The topological polar surface area (TPSA) is 37.0 Å². The van der Waals surface area contributed by atoms with Gasteiger partial charge in [0.05, 0.1) is 5.56 Å². The van der Waals surface area contributed by atoms with Crippen LogP contribution in [-0.4, -0.2) is 18.1 Å². The van der Waals surface area contributed by atoms with E-state index in [2.05, 4.69) is 22.5 Å². The molecule has 1 unspecified atom stereocenters. The molecule has 1 fully saturated rings. The van der Waals surface area contributed by atoms with Crippen LogP contribution in [0.4, 0.5) is 24.8 Å². The van der Waals surface area contributed by atoms with Crippen LogP contribution < -0.4 is 10.6 Å². The van der Waals surface area contributed by atoms with Gasteiger partial charge in [-0.2, -0.15) is 13.2 Å². The predicted octanol–water partition coefficient (Wildman–Crippen LogP) is 3.99. The van der Waals surface area contributed by atoms with Crippen molar-refractivity contribution in [3.8, 4) is 0 Å². The Balaban J connectivity index is 2.11. The summed E-state index contributed by atoms with van der Waals surface area (Å²) >= 11 is 0. The zero-order valence-corrected chi connectivity index (χ0v) is 11.7. The number of rotatable bonds is 6. The molecule has 20 heavy (non-hydrogen) atoms. The van der Waals surface area contributed by atoms with Gasteiger partial charge in [0.15, 0.2) is 0 Å². The number of nitrogens with zero attached hydrogens (tertiary/aromatic N) is 1. The molecule has 1 aliphatic rings. The number of hydrogen-bond acceptors (Lipinski definition) is 3. The minimum absolute atomic E-state index is 0.254. The van der Waals surface area contributed by atoms with Crippen molar-refractivity contribution < 1.29 is 13.2 Å². The van der Waals surface area contributed by atoms with Crippen LogP contribution in [0.1, 0.15) is 32.3 Å². The third-order valence-corrected chi connectivity index (χ3v) is 3.54. The Morgan fingerprint density at radius 2 is 1.85 bits per heavy atom. The zero-order valence-electron chi connectivity index (χ0n) is 11.7. The van der Waals surface area contributed by atoms with Gasteiger partial charge in [0, 0.05) is 13.1 Å². The Hall–Kier alpha value is -1.46. The molecular formula is C14H20F3N3. The maximum absolute atomic E-state index is 12.8. The molecule has 3 nitrogen and oxygen atoms in total. The van der Waals surface area contributed by atoms with Crippen LogP contribution in [-0.2, 0) is 6.18 Å². The predicted molar refractivity (Wildman–Crippen MR) is 73.8 cm³/mol. The highest BCUT2D eigenvalue weighted by atomic mass is 19.4. The number of aromatic nitrogens is 1. The first-order valence-electron chi connectivity index (χ1n) is 6.97. The van der Waals surface area contributed by atoms with Gasteiger partial charge in [-0.1, -0.05) is 6.92 Å². The molecule has 1 atom stereocenters. The number of hydrogen-bond donors (Lipinski definition) is 2. The molecule has 0 spiro atoms. The first kappa shape index (κ1) is 14.9. The molecule has 0 saturated heterocycles. The Labute approximate surface area is 117 Å². The second kappa shape index (κ2) is 5.89. The molecule has 0 aliphatic heterocycles. The zero-order chi connectivity index (χ0) is 14.8. The van der Waals surface area contributed by atoms with E-state index in [-0.39, 0.29) is 11.6 Å². The van der Waals surface area contributed by atoms with Crippen LogP contribution in [0.5, 0.6) is 0 Å².